The molecule has 4 heteroatoms. The highest BCUT2D eigenvalue weighted by molar-refractivity contribution is 9.10. The zero-order valence-corrected chi connectivity index (χ0v) is 9.75. The van der Waals surface area contributed by atoms with Crippen molar-refractivity contribution in [3.8, 4) is 11.5 Å². The van der Waals surface area contributed by atoms with Gasteiger partial charge in [0.1, 0.15) is 19.5 Å². The van der Waals surface area contributed by atoms with Crippen LogP contribution in [0.4, 0.5) is 0 Å². The lowest BCUT2D eigenvalue weighted by atomic mass is 10.1. The molecule has 1 heterocycles. The molecule has 0 amide bonds. The lowest BCUT2D eigenvalue weighted by Gasteiger charge is -2.21. The Balaban J connectivity index is 2.34. The van der Waals surface area contributed by atoms with Crippen LogP contribution in [0.2, 0.25) is 0 Å². The molecule has 0 saturated carbocycles. The van der Waals surface area contributed by atoms with Gasteiger partial charge in [-0.2, -0.15) is 0 Å². The first kappa shape index (κ1) is 10.5. The second kappa shape index (κ2) is 4.66. The highest BCUT2D eigenvalue weighted by Crippen LogP contribution is 2.40. The van der Waals surface area contributed by atoms with Gasteiger partial charge in [-0.1, -0.05) is 6.07 Å². The van der Waals surface area contributed by atoms with E-state index in [1.165, 1.54) is 0 Å². The van der Waals surface area contributed by atoms with E-state index in [2.05, 4.69) is 15.9 Å². The number of aryl methyl sites for hydroxylation is 1. The predicted octanol–water partition coefficient (Wildman–Crippen LogP) is 2.35. The SMILES string of the molecule is O=CCCc1ccc(Br)c2c1OCCO2. The maximum absolute atomic E-state index is 10.3. The summed E-state index contributed by atoms with van der Waals surface area (Å²) in [7, 11) is 0. The number of rotatable bonds is 3. The summed E-state index contributed by atoms with van der Waals surface area (Å²) >= 11 is 3.41. The minimum atomic E-state index is 0.511. The Bertz CT molecular complexity index is 376. The zero-order valence-electron chi connectivity index (χ0n) is 8.16. The van der Waals surface area contributed by atoms with Crippen LogP contribution in [0.25, 0.3) is 0 Å². The summed E-state index contributed by atoms with van der Waals surface area (Å²) in [5, 5.41) is 0. The molecule has 0 aliphatic carbocycles. The lowest BCUT2D eigenvalue weighted by molar-refractivity contribution is -0.107. The van der Waals surface area contributed by atoms with Crippen LogP contribution in [0.3, 0.4) is 0 Å². The second-order valence-electron chi connectivity index (χ2n) is 3.27. The van der Waals surface area contributed by atoms with Crippen LogP contribution in [-0.2, 0) is 11.2 Å². The number of carbonyl (C=O) groups excluding carboxylic acids is 1. The van der Waals surface area contributed by atoms with Gasteiger partial charge in [-0.3, -0.25) is 0 Å². The molecule has 15 heavy (non-hydrogen) atoms. The molecule has 1 aliphatic rings. The van der Waals surface area contributed by atoms with E-state index in [0.717, 1.165) is 27.8 Å². The van der Waals surface area contributed by atoms with Crippen LogP contribution >= 0.6 is 15.9 Å². The second-order valence-corrected chi connectivity index (χ2v) is 4.12. The third-order valence-electron chi connectivity index (χ3n) is 2.25. The molecule has 0 unspecified atom stereocenters. The molecule has 0 aromatic heterocycles. The first-order valence-electron chi connectivity index (χ1n) is 4.83. The molecule has 1 aromatic carbocycles. The number of aldehydes is 1. The van der Waals surface area contributed by atoms with E-state index in [1.54, 1.807) is 0 Å². The topological polar surface area (TPSA) is 35.5 Å². The Labute approximate surface area is 96.5 Å². The Morgan fingerprint density at radius 2 is 2.00 bits per heavy atom. The van der Waals surface area contributed by atoms with Crippen molar-refractivity contribution in [3.63, 3.8) is 0 Å². The Morgan fingerprint density at radius 1 is 1.27 bits per heavy atom. The summed E-state index contributed by atoms with van der Waals surface area (Å²) in [6, 6.07) is 3.88. The van der Waals surface area contributed by atoms with Gasteiger partial charge in [0.25, 0.3) is 0 Å². The molecule has 0 N–H and O–H groups in total. The molecule has 0 bridgehead atoms. The Hall–Kier alpha value is -1.03. The number of ether oxygens (including phenoxy) is 2. The van der Waals surface area contributed by atoms with Gasteiger partial charge in [-0.15, -0.1) is 0 Å². The van der Waals surface area contributed by atoms with Crippen LogP contribution in [-0.4, -0.2) is 19.5 Å². The van der Waals surface area contributed by atoms with Gasteiger partial charge in [-0.25, -0.2) is 0 Å². The van der Waals surface area contributed by atoms with Crippen LogP contribution < -0.4 is 9.47 Å². The van der Waals surface area contributed by atoms with Crippen molar-refractivity contribution in [1.82, 2.24) is 0 Å². The van der Waals surface area contributed by atoms with Crippen LogP contribution in [0, 0.1) is 0 Å². The molecular formula is C11H11BrO3. The summed E-state index contributed by atoms with van der Waals surface area (Å²) in [6.45, 7) is 1.14. The molecule has 0 radical (unpaired) electrons. The Kier molecular flexibility index (Phi) is 3.26. The minimum Gasteiger partial charge on any atom is -0.486 e. The Morgan fingerprint density at radius 3 is 2.73 bits per heavy atom. The van der Waals surface area contributed by atoms with Gasteiger partial charge in [0.05, 0.1) is 4.47 Å². The third-order valence-corrected chi connectivity index (χ3v) is 2.88. The maximum atomic E-state index is 10.3. The highest BCUT2D eigenvalue weighted by atomic mass is 79.9. The molecule has 1 aromatic rings. The van der Waals surface area contributed by atoms with Crippen LogP contribution in [0.15, 0.2) is 16.6 Å². The maximum Gasteiger partial charge on any atom is 0.175 e. The quantitative estimate of drug-likeness (QED) is 0.791. The van der Waals surface area contributed by atoms with Crippen molar-refractivity contribution >= 4 is 22.2 Å². The number of benzene rings is 1. The lowest BCUT2D eigenvalue weighted by Crippen LogP contribution is -2.17. The van der Waals surface area contributed by atoms with Gasteiger partial charge in [0, 0.05) is 6.42 Å². The van der Waals surface area contributed by atoms with E-state index in [0.29, 0.717) is 26.1 Å². The monoisotopic (exact) mass is 270 g/mol. The van der Waals surface area contributed by atoms with Gasteiger partial charge >= 0.3 is 0 Å². The standard InChI is InChI=1S/C11H11BrO3/c12-9-4-3-8(2-1-5-13)10-11(9)15-7-6-14-10/h3-5H,1-2,6-7H2. The van der Waals surface area contributed by atoms with E-state index in [9.17, 15) is 4.79 Å². The molecule has 0 saturated heterocycles. The van der Waals surface area contributed by atoms with Crippen molar-refractivity contribution in [3.05, 3.63) is 22.2 Å². The first-order valence-corrected chi connectivity index (χ1v) is 5.63. The van der Waals surface area contributed by atoms with E-state index in [4.69, 9.17) is 9.47 Å². The summed E-state index contributed by atoms with van der Waals surface area (Å²) < 4.78 is 12.0. The molecule has 3 nitrogen and oxygen atoms in total. The average molecular weight is 271 g/mol. The summed E-state index contributed by atoms with van der Waals surface area (Å²) in [5.41, 5.74) is 1.03. The van der Waals surface area contributed by atoms with E-state index in [-0.39, 0.29) is 0 Å². The fraction of sp³-hybridized carbons (Fsp3) is 0.364. The normalized spacial score (nSPS) is 13.7. The van der Waals surface area contributed by atoms with Crippen molar-refractivity contribution in [2.45, 2.75) is 12.8 Å². The van der Waals surface area contributed by atoms with Crippen LogP contribution in [0.5, 0.6) is 11.5 Å². The van der Waals surface area contributed by atoms with E-state index < -0.39 is 0 Å². The minimum absolute atomic E-state index is 0.511. The molecule has 2 rings (SSSR count). The molecule has 0 atom stereocenters. The molecule has 0 fully saturated rings. The predicted molar refractivity (Wildman–Crippen MR) is 59.5 cm³/mol. The van der Waals surface area contributed by atoms with Gasteiger partial charge < -0.3 is 14.3 Å². The smallest absolute Gasteiger partial charge is 0.175 e. The number of hydrogen-bond donors (Lipinski definition) is 0. The fourth-order valence-corrected chi connectivity index (χ4v) is 2.00. The van der Waals surface area contributed by atoms with Gasteiger partial charge in [0.15, 0.2) is 11.5 Å². The number of hydrogen-bond acceptors (Lipinski definition) is 3. The van der Waals surface area contributed by atoms with Crippen LogP contribution in [0.1, 0.15) is 12.0 Å². The average Bonchev–Trinajstić information content (AvgIpc) is 2.29. The molecule has 0 spiro atoms. The fourth-order valence-electron chi connectivity index (χ4n) is 1.57. The first-order chi connectivity index (χ1) is 7.33. The van der Waals surface area contributed by atoms with Crippen molar-refractivity contribution in [1.29, 1.82) is 0 Å². The van der Waals surface area contributed by atoms with Crippen molar-refractivity contribution in [2.75, 3.05) is 13.2 Å². The zero-order chi connectivity index (χ0) is 10.7. The summed E-state index contributed by atoms with van der Waals surface area (Å²) in [6.07, 6.45) is 2.12. The van der Waals surface area contributed by atoms with Gasteiger partial charge in [-0.05, 0) is 34.0 Å². The number of fused-ring (bicyclic) bond motifs is 1. The molecular weight excluding hydrogens is 260 g/mol. The number of carbonyl (C=O) groups is 1. The molecule has 1 aliphatic heterocycles. The summed E-state index contributed by atoms with van der Waals surface area (Å²) in [5.74, 6) is 1.53. The highest BCUT2D eigenvalue weighted by Gasteiger charge is 2.18. The largest absolute Gasteiger partial charge is 0.486 e. The van der Waals surface area contributed by atoms with Gasteiger partial charge in [0.2, 0.25) is 0 Å². The van der Waals surface area contributed by atoms with E-state index in [1.807, 2.05) is 12.1 Å². The number of halogens is 1. The van der Waals surface area contributed by atoms with Crippen molar-refractivity contribution < 1.29 is 14.3 Å². The van der Waals surface area contributed by atoms with Crippen molar-refractivity contribution in [2.24, 2.45) is 0 Å². The molecule has 80 valence electrons. The third kappa shape index (κ3) is 2.15. The summed E-state index contributed by atoms with van der Waals surface area (Å²) in [4.78, 5) is 10.3. The van der Waals surface area contributed by atoms with E-state index >= 15 is 0 Å².